The quantitative estimate of drug-likeness (QED) is 0.874. The second-order valence-corrected chi connectivity index (χ2v) is 5.37. The van der Waals surface area contributed by atoms with E-state index in [1.54, 1.807) is 6.92 Å². The lowest BCUT2D eigenvalue weighted by atomic mass is 9.97. The van der Waals surface area contributed by atoms with Crippen LogP contribution in [0.1, 0.15) is 31.7 Å². The number of rotatable bonds is 6. The molecule has 1 unspecified atom stereocenters. The molecule has 1 amide bonds. The van der Waals surface area contributed by atoms with Crippen molar-refractivity contribution in [2.75, 3.05) is 13.1 Å². The zero-order chi connectivity index (χ0) is 14.4. The molecule has 104 valence electrons. The number of amides is 1. The molecule has 0 saturated heterocycles. The molecule has 1 atom stereocenters. The number of hydrogen-bond donors (Lipinski definition) is 1. The Morgan fingerprint density at radius 1 is 1.32 bits per heavy atom. The molecule has 1 N–H and O–H groups in total. The third-order valence-corrected chi connectivity index (χ3v) is 3.51. The molecule has 1 aromatic rings. The minimum atomic E-state index is -0.980. The smallest absolute Gasteiger partial charge is 0.323 e. The van der Waals surface area contributed by atoms with E-state index in [9.17, 15) is 9.59 Å². The number of nitrogens with zero attached hydrogens (tertiary/aromatic N) is 1. The van der Waals surface area contributed by atoms with Crippen LogP contribution in [0.2, 0.25) is 0 Å². The summed E-state index contributed by atoms with van der Waals surface area (Å²) in [5.41, 5.74) is 1.07. The van der Waals surface area contributed by atoms with Gasteiger partial charge in [-0.25, -0.2) is 0 Å². The van der Waals surface area contributed by atoms with Crippen LogP contribution in [-0.4, -0.2) is 35.0 Å². The monoisotopic (exact) mass is 327 g/mol. The lowest BCUT2D eigenvalue weighted by molar-refractivity contribution is -0.144. The molecule has 19 heavy (non-hydrogen) atoms. The first kappa shape index (κ1) is 15.7. The summed E-state index contributed by atoms with van der Waals surface area (Å²) in [5.74, 6) is -1.03. The largest absolute Gasteiger partial charge is 0.480 e. The SMILES string of the molecule is CCN(CC(=O)O)C(=O)CC(C)c1ccc(Br)cc1. The summed E-state index contributed by atoms with van der Waals surface area (Å²) < 4.78 is 0.996. The van der Waals surface area contributed by atoms with Crippen molar-refractivity contribution in [1.29, 1.82) is 0 Å². The van der Waals surface area contributed by atoms with Crippen molar-refractivity contribution < 1.29 is 14.7 Å². The molecule has 0 aliphatic carbocycles. The standard InChI is InChI=1S/C14H18BrNO3/c1-3-16(9-14(18)19)13(17)8-10(2)11-4-6-12(15)7-5-11/h4-7,10H,3,8-9H2,1-2H3,(H,18,19). The molecule has 4 nitrogen and oxygen atoms in total. The first-order valence-electron chi connectivity index (χ1n) is 6.19. The molecule has 0 aromatic heterocycles. The van der Waals surface area contributed by atoms with Crippen LogP contribution >= 0.6 is 15.9 Å². The van der Waals surface area contributed by atoms with Gasteiger partial charge in [-0.15, -0.1) is 0 Å². The molecule has 0 aliphatic heterocycles. The van der Waals surface area contributed by atoms with Crippen LogP contribution in [0.25, 0.3) is 0 Å². The van der Waals surface area contributed by atoms with Gasteiger partial charge in [0.2, 0.25) is 5.91 Å². The summed E-state index contributed by atoms with van der Waals surface area (Å²) in [6.45, 7) is 3.93. The fraction of sp³-hybridized carbons (Fsp3) is 0.429. The van der Waals surface area contributed by atoms with Crippen molar-refractivity contribution in [3.63, 3.8) is 0 Å². The number of carboxylic acids is 1. The number of carbonyl (C=O) groups is 2. The zero-order valence-corrected chi connectivity index (χ0v) is 12.7. The average molecular weight is 328 g/mol. The van der Waals surface area contributed by atoms with E-state index < -0.39 is 5.97 Å². The highest BCUT2D eigenvalue weighted by atomic mass is 79.9. The summed E-state index contributed by atoms with van der Waals surface area (Å²) in [5, 5.41) is 8.75. The Morgan fingerprint density at radius 2 is 1.89 bits per heavy atom. The fourth-order valence-corrected chi connectivity index (χ4v) is 2.10. The predicted molar refractivity (Wildman–Crippen MR) is 77.1 cm³/mol. The summed E-state index contributed by atoms with van der Waals surface area (Å²) in [6, 6.07) is 7.81. The van der Waals surface area contributed by atoms with Crippen molar-refractivity contribution >= 4 is 27.8 Å². The Balaban J connectivity index is 2.64. The van der Waals surface area contributed by atoms with Gasteiger partial charge in [-0.1, -0.05) is 35.0 Å². The first-order chi connectivity index (χ1) is 8.93. The number of carbonyl (C=O) groups excluding carboxylic acids is 1. The maximum absolute atomic E-state index is 12.0. The third-order valence-electron chi connectivity index (χ3n) is 2.98. The summed E-state index contributed by atoms with van der Waals surface area (Å²) in [4.78, 5) is 24.0. The van der Waals surface area contributed by atoms with Gasteiger partial charge >= 0.3 is 5.97 Å². The van der Waals surface area contributed by atoms with Gasteiger partial charge in [0.25, 0.3) is 0 Å². The lowest BCUT2D eigenvalue weighted by Crippen LogP contribution is -2.35. The van der Waals surface area contributed by atoms with Crippen LogP contribution in [0.4, 0.5) is 0 Å². The molecule has 0 spiro atoms. The van der Waals surface area contributed by atoms with Gasteiger partial charge in [-0.3, -0.25) is 9.59 Å². The molecule has 1 aromatic carbocycles. The van der Waals surface area contributed by atoms with Gasteiger partial charge in [-0.2, -0.15) is 0 Å². The van der Waals surface area contributed by atoms with Gasteiger partial charge in [0, 0.05) is 17.4 Å². The number of aliphatic carboxylic acids is 1. The van der Waals surface area contributed by atoms with E-state index in [-0.39, 0.29) is 18.4 Å². The van der Waals surface area contributed by atoms with E-state index in [0.717, 1.165) is 10.0 Å². The van der Waals surface area contributed by atoms with Crippen molar-refractivity contribution in [2.45, 2.75) is 26.2 Å². The molecule has 5 heteroatoms. The van der Waals surface area contributed by atoms with Gasteiger partial charge in [0.1, 0.15) is 6.54 Å². The average Bonchev–Trinajstić information content (AvgIpc) is 2.36. The summed E-state index contributed by atoms with van der Waals surface area (Å²) >= 11 is 3.37. The number of likely N-dealkylation sites (N-methyl/N-ethyl adjacent to an activating group) is 1. The Hall–Kier alpha value is -1.36. The predicted octanol–water partition coefficient (Wildman–Crippen LogP) is 2.88. The highest BCUT2D eigenvalue weighted by Crippen LogP contribution is 2.22. The molecule has 1 rings (SSSR count). The Labute approximate surface area is 121 Å². The first-order valence-corrected chi connectivity index (χ1v) is 6.98. The molecular formula is C14H18BrNO3. The second-order valence-electron chi connectivity index (χ2n) is 4.46. The van der Waals surface area contributed by atoms with E-state index >= 15 is 0 Å². The molecule has 0 aliphatic rings. The zero-order valence-electron chi connectivity index (χ0n) is 11.1. The Kier molecular flexibility index (Phi) is 6.02. The van der Waals surface area contributed by atoms with E-state index in [1.807, 2.05) is 31.2 Å². The van der Waals surface area contributed by atoms with Gasteiger partial charge in [-0.05, 0) is 30.5 Å². The lowest BCUT2D eigenvalue weighted by Gasteiger charge is -2.21. The van der Waals surface area contributed by atoms with Crippen LogP contribution in [0.5, 0.6) is 0 Å². The minimum Gasteiger partial charge on any atom is -0.480 e. The van der Waals surface area contributed by atoms with Gasteiger partial charge in [0.05, 0.1) is 0 Å². The third kappa shape index (κ3) is 5.03. The van der Waals surface area contributed by atoms with Crippen LogP contribution in [0, 0.1) is 0 Å². The molecule has 0 radical (unpaired) electrons. The summed E-state index contributed by atoms with van der Waals surface area (Å²) in [7, 11) is 0. The molecule has 0 fully saturated rings. The maximum atomic E-state index is 12.0. The number of halogens is 1. The van der Waals surface area contributed by atoms with E-state index in [2.05, 4.69) is 15.9 Å². The van der Waals surface area contributed by atoms with E-state index in [0.29, 0.717) is 13.0 Å². The number of hydrogen-bond acceptors (Lipinski definition) is 2. The van der Waals surface area contributed by atoms with Gasteiger partial charge < -0.3 is 10.0 Å². The van der Waals surface area contributed by atoms with Crippen LogP contribution in [0.3, 0.4) is 0 Å². The van der Waals surface area contributed by atoms with Crippen molar-refractivity contribution in [2.24, 2.45) is 0 Å². The highest BCUT2D eigenvalue weighted by molar-refractivity contribution is 9.10. The van der Waals surface area contributed by atoms with Crippen molar-refractivity contribution in [3.05, 3.63) is 34.3 Å². The fourth-order valence-electron chi connectivity index (χ4n) is 1.84. The van der Waals surface area contributed by atoms with Crippen molar-refractivity contribution in [3.8, 4) is 0 Å². The van der Waals surface area contributed by atoms with Gasteiger partial charge in [0.15, 0.2) is 0 Å². The van der Waals surface area contributed by atoms with E-state index in [1.165, 1.54) is 4.90 Å². The number of benzene rings is 1. The Bertz CT molecular complexity index is 445. The van der Waals surface area contributed by atoms with E-state index in [4.69, 9.17) is 5.11 Å². The molecule has 0 bridgehead atoms. The molecule has 0 saturated carbocycles. The molecule has 0 heterocycles. The van der Waals surface area contributed by atoms with Crippen LogP contribution in [0.15, 0.2) is 28.7 Å². The summed E-state index contributed by atoms with van der Waals surface area (Å²) in [6.07, 6.45) is 0.322. The minimum absolute atomic E-state index is 0.0726. The Morgan fingerprint density at radius 3 is 2.37 bits per heavy atom. The highest BCUT2D eigenvalue weighted by Gasteiger charge is 2.18. The normalized spacial score (nSPS) is 11.9. The second kappa shape index (κ2) is 7.28. The van der Waals surface area contributed by atoms with Crippen LogP contribution < -0.4 is 0 Å². The van der Waals surface area contributed by atoms with Crippen LogP contribution in [-0.2, 0) is 9.59 Å². The number of carboxylic acid groups (broad SMARTS) is 1. The maximum Gasteiger partial charge on any atom is 0.323 e. The topological polar surface area (TPSA) is 57.6 Å². The molecular weight excluding hydrogens is 310 g/mol. The van der Waals surface area contributed by atoms with Crippen molar-refractivity contribution in [1.82, 2.24) is 4.90 Å².